The lowest BCUT2D eigenvalue weighted by Crippen LogP contribution is -2.45. The Morgan fingerprint density at radius 2 is 1.81 bits per heavy atom. The molecule has 1 amide bonds. The highest BCUT2D eigenvalue weighted by Crippen LogP contribution is 1.97. The largest absolute Gasteiger partial charge is 0.370 e. The lowest BCUT2D eigenvalue weighted by atomic mass is 10.1. The molecule has 0 aliphatic heterocycles. The number of nitrogens with two attached hydrogens (primary N) is 1. The van der Waals surface area contributed by atoms with Crippen LogP contribution >= 0.6 is 0 Å². The molecule has 0 aliphatic rings. The molecule has 0 saturated heterocycles. The highest BCUT2D eigenvalue weighted by atomic mass is 16.2. The maximum Gasteiger partial charge on any atom is 0.244 e. The first-order valence-electron chi connectivity index (χ1n) is 5.66. The van der Waals surface area contributed by atoms with Crippen LogP contribution in [0.15, 0.2) is 4.99 Å². The summed E-state index contributed by atoms with van der Waals surface area (Å²) in [7, 11) is 0. The number of rotatable bonds is 4. The van der Waals surface area contributed by atoms with Crippen molar-refractivity contribution < 1.29 is 4.79 Å². The van der Waals surface area contributed by atoms with Gasteiger partial charge in [-0.05, 0) is 34.6 Å². The van der Waals surface area contributed by atoms with Crippen LogP contribution in [0, 0.1) is 0 Å². The van der Waals surface area contributed by atoms with Crippen LogP contribution in [0.25, 0.3) is 0 Å². The highest BCUT2D eigenvalue weighted by molar-refractivity contribution is 5.84. The molecule has 0 radical (unpaired) electrons. The van der Waals surface area contributed by atoms with Crippen molar-refractivity contribution in [3.63, 3.8) is 0 Å². The van der Waals surface area contributed by atoms with Crippen molar-refractivity contribution in [3.05, 3.63) is 0 Å². The zero-order chi connectivity index (χ0) is 12.8. The molecule has 0 heterocycles. The average molecular weight is 228 g/mol. The van der Waals surface area contributed by atoms with Gasteiger partial charge in [-0.15, -0.1) is 0 Å². The number of guanidine groups is 1. The van der Waals surface area contributed by atoms with E-state index in [1.54, 1.807) is 4.90 Å². The van der Waals surface area contributed by atoms with Gasteiger partial charge in [0.25, 0.3) is 0 Å². The molecule has 0 saturated carbocycles. The van der Waals surface area contributed by atoms with Gasteiger partial charge in [-0.2, -0.15) is 0 Å². The number of nitrogens with zero attached hydrogens (tertiary/aromatic N) is 2. The second kappa shape index (κ2) is 6.35. The van der Waals surface area contributed by atoms with E-state index in [1.807, 2.05) is 34.6 Å². The standard InChI is InChI=1S/C11H24N4O/c1-6-15(7-2)9(16)8-13-10(12)14-11(3,4)5/h6-8H2,1-5H3,(H3,12,13,14). The minimum Gasteiger partial charge on any atom is -0.370 e. The topological polar surface area (TPSA) is 70.7 Å². The van der Waals surface area contributed by atoms with E-state index in [-0.39, 0.29) is 18.0 Å². The number of amides is 1. The Morgan fingerprint density at radius 1 is 1.31 bits per heavy atom. The summed E-state index contributed by atoms with van der Waals surface area (Å²) in [6.45, 7) is 11.4. The predicted octanol–water partition coefficient (Wildman–Crippen LogP) is 0.558. The summed E-state index contributed by atoms with van der Waals surface area (Å²) < 4.78 is 0. The molecule has 0 aliphatic carbocycles. The van der Waals surface area contributed by atoms with Crippen molar-refractivity contribution in [2.45, 2.75) is 40.2 Å². The fourth-order valence-corrected chi connectivity index (χ4v) is 1.25. The predicted molar refractivity (Wildman–Crippen MR) is 67.3 cm³/mol. The third-order valence-electron chi connectivity index (χ3n) is 2.00. The lowest BCUT2D eigenvalue weighted by Gasteiger charge is -2.21. The van der Waals surface area contributed by atoms with Crippen LogP contribution in [0.2, 0.25) is 0 Å². The van der Waals surface area contributed by atoms with E-state index in [4.69, 9.17) is 5.73 Å². The number of hydrogen-bond acceptors (Lipinski definition) is 2. The SMILES string of the molecule is CCN(CC)C(=O)CN=C(N)NC(C)(C)C. The van der Waals surface area contributed by atoms with Crippen LogP contribution in [0.4, 0.5) is 0 Å². The second-order valence-electron chi connectivity index (χ2n) is 4.64. The van der Waals surface area contributed by atoms with Crippen molar-refractivity contribution in [2.24, 2.45) is 10.7 Å². The minimum absolute atomic E-state index is 0.00339. The van der Waals surface area contributed by atoms with E-state index in [0.717, 1.165) is 0 Å². The molecule has 0 aromatic rings. The van der Waals surface area contributed by atoms with Gasteiger partial charge in [-0.25, -0.2) is 4.99 Å². The molecular weight excluding hydrogens is 204 g/mol. The molecule has 5 nitrogen and oxygen atoms in total. The van der Waals surface area contributed by atoms with Gasteiger partial charge in [0.15, 0.2) is 5.96 Å². The third-order valence-corrected chi connectivity index (χ3v) is 2.00. The van der Waals surface area contributed by atoms with Gasteiger partial charge < -0.3 is 16.0 Å². The molecule has 5 heteroatoms. The summed E-state index contributed by atoms with van der Waals surface area (Å²) in [5.74, 6) is 0.316. The van der Waals surface area contributed by atoms with E-state index in [0.29, 0.717) is 19.0 Å². The van der Waals surface area contributed by atoms with Gasteiger partial charge in [-0.1, -0.05) is 0 Å². The van der Waals surface area contributed by atoms with Crippen LogP contribution < -0.4 is 11.1 Å². The maximum atomic E-state index is 11.6. The van der Waals surface area contributed by atoms with Crippen LogP contribution in [-0.2, 0) is 4.79 Å². The Labute approximate surface area is 98.1 Å². The molecule has 0 unspecified atom stereocenters. The Morgan fingerprint density at radius 3 is 2.19 bits per heavy atom. The quantitative estimate of drug-likeness (QED) is 0.545. The number of likely N-dealkylation sites (N-methyl/N-ethyl adjacent to an activating group) is 1. The van der Waals surface area contributed by atoms with Gasteiger partial charge >= 0.3 is 0 Å². The fraction of sp³-hybridized carbons (Fsp3) is 0.818. The molecular formula is C11H24N4O. The number of nitrogens with one attached hydrogen (secondary N) is 1. The Kier molecular flexibility index (Phi) is 5.85. The molecule has 94 valence electrons. The third kappa shape index (κ3) is 6.27. The lowest BCUT2D eigenvalue weighted by molar-refractivity contribution is -0.129. The van der Waals surface area contributed by atoms with Crippen LogP contribution in [0.5, 0.6) is 0 Å². The van der Waals surface area contributed by atoms with Gasteiger partial charge in [-0.3, -0.25) is 4.79 Å². The molecule has 0 fully saturated rings. The van der Waals surface area contributed by atoms with Gasteiger partial charge in [0.2, 0.25) is 5.91 Å². The summed E-state index contributed by atoms with van der Waals surface area (Å²) in [4.78, 5) is 17.4. The molecule has 0 aromatic heterocycles. The molecule has 16 heavy (non-hydrogen) atoms. The van der Waals surface area contributed by atoms with E-state index >= 15 is 0 Å². The molecule has 0 bridgehead atoms. The Balaban J connectivity index is 4.21. The first kappa shape index (κ1) is 14.7. The Bertz CT molecular complexity index is 251. The van der Waals surface area contributed by atoms with E-state index in [2.05, 4.69) is 10.3 Å². The fourth-order valence-electron chi connectivity index (χ4n) is 1.25. The number of carbonyl (C=O) groups is 1. The van der Waals surface area contributed by atoms with Gasteiger partial charge in [0.05, 0.1) is 0 Å². The highest BCUT2D eigenvalue weighted by Gasteiger charge is 2.11. The zero-order valence-corrected chi connectivity index (χ0v) is 11.0. The normalized spacial score (nSPS) is 12.4. The number of aliphatic imine (C=N–C) groups is 1. The molecule has 3 N–H and O–H groups in total. The summed E-state index contributed by atoms with van der Waals surface area (Å²) >= 11 is 0. The second-order valence-corrected chi connectivity index (χ2v) is 4.64. The van der Waals surface area contributed by atoms with Crippen molar-refractivity contribution in [1.29, 1.82) is 0 Å². The summed E-state index contributed by atoms with van der Waals surface area (Å²) in [6, 6.07) is 0. The Hall–Kier alpha value is -1.26. The minimum atomic E-state index is -0.133. The molecule has 0 aromatic carbocycles. The number of carbonyl (C=O) groups excluding carboxylic acids is 1. The number of hydrogen-bond donors (Lipinski definition) is 2. The van der Waals surface area contributed by atoms with Crippen molar-refractivity contribution >= 4 is 11.9 Å². The maximum absolute atomic E-state index is 11.6. The van der Waals surface area contributed by atoms with E-state index in [9.17, 15) is 4.79 Å². The van der Waals surface area contributed by atoms with E-state index < -0.39 is 0 Å². The van der Waals surface area contributed by atoms with Crippen LogP contribution in [-0.4, -0.2) is 41.9 Å². The van der Waals surface area contributed by atoms with Crippen LogP contribution in [0.3, 0.4) is 0 Å². The smallest absolute Gasteiger partial charge is 0.244 e. The first-order valence-corrected chi connectivity index (χ1v) is 5.66. The average Bonchev–Trinajstić information content (AvgIpc) is 2.14. The summed E-state index contributed by atoms with van der Waals surface area (Å²) in [6.07, 6.45) is 0. The summed E-state index contributed by atoms with van der Waals surface area (Å²) in [5, 5.41) is 3.01. The molecule has 0 atom stereocenters. The summed E-state index contributed by atoms with van der Waals surface area (Å²) in [5.41, 5.74) is 5.53. The van der Waals surface area contributed by atoms with Crippen LogP contribution in [0.1, 0.15) is 34.6 Å². The van der Waals surface area contributed by atoms with Crippen molar-refractivity contribution in [1.82, 2.24) is 10.2 Å². The molecule has 0 spiro atoms. The monoisotopic (exact) mass is 228 g/mol. The van der Waals surface area contributed by atoms with Gasteiger partial charge in [0, 0.05) is 18.6 Å². The van der Waals surface area contributed by atoms with E-state index in [1.165, 1.54) is 0 Å². The molecule has 0 rings (SSSR count). The zero-order valence-electron chi connectivity index (χ0n) is 11.0. The van der Waals surface area contributed by atoms with Crippen molar-refractivity contribution in [3.8, 4) is 0 Å². The first-order chi connectivity index (χ1) is 7.30. The van der Waals surface area contributed by atoms with Gasteiger partial charge in [0.1, 0.15) is 6.54 Å². The van der Waals surface area contributed by atoms with Crippen molar-refractivity contribution in [2.75, 3.05) is 19.6 Å².